The average Bonchev–Trinajstić information content (AvgIpc) is 3.52. The highest BCUT2D eigenvalue weighted by molar-refractivity contribution is 6.34. The normalized spacial score (nSPS) is 28.0. The van der Waals surface area contributed by atoms with Crippen molar-refractivity contribution in [1.82, 2.24) is 0 Å². The van der Waals surface area contributed by atoms with E-state index in [0.29, 0.717) is 5.69 Å². The number of carbonyl (C=O) groups excluding carboxylic acids is 4. The summed E-state index contributed by atoms with van der Waals surface area (Å²) in [4.78, 5) is 64.1. The van der Waals surface area contributed by atoms with Gasteiger partial charge in [0.15, 0.2) is 0 Å². The van der Waals surface area contributed by atoms with Crippen molar-refractivity contribution in [2.24, 2.45) is 23.7 Å². The van der Waals surface area contributed by atoms with E-state index in [4.69, 9.17) is 0 Å². The maximum absolute atomic E-state index is 13.0. The lowest BCUT2D eigenvalue weighted by atomic mass is 9.81. The van der Waals surface area contributed by atoms with Crippen molar-refractivity contribution in [3.8, 4) is 0 Å². The molecule has 4 aliphatic rings. The highest BCUT2D eigenvalue weighted by Gasteiger charge is 2.61. The molecule has 0 radical (unpaired) electrons. The molecule has 160 valence electrons. The molecule has 2 heterocycles. The van der Waals surface area contributed by atoms with Crippen molar-refractivity contribution < 1.29 is 24.1 Å². The predicted octanol–water partition coefficient (Wildman–Crippen LogP) is 2.93. The number of hydrogen-bond acceptors (Lipinski definition) is 6. The molecule has 4 atom stereocenters. The zero-order valence-corrected chi connectivity index (χ0v) is 16.8. The standard InChI is InChI=1S/C23H17N3O6/c27-20-16-8-7-15(26(31)32)10-17(16)21(28)24(20)13-3-5-14(6-4-13)25-22(29)18-11-1-2-12(9-11)19(18)23(25)30/h3-8,10-12,18-19H,1-2,9H2/t11-,12-,18-,19+/m1/s1. The van der Waals surface area contributed by atoms with Crippen LogP contribution in [-0.4, -0.2) is 28.6 Å². The summed E-state index contributed by atoms with van der Waals surface area (Å²) in [5.41, 5.74) is 0.485. The minimum Gasteiger partial charge on any atom is -0.274 e. The fourth-order valence-corrected chi connectivity index (χ4v) is 5.99. The summed E-state index contributed by atoms with van der Waals surface area (Å²) < 4.78 is 0. The highest BCUT2D eigenvalue weighted by atomic mass is 16.6. The number of nitro groups is 1. The van der Waals surface area contributed by atoms with Crippen molar-refractivity contribution >= 4 is 40.7 Å². The summed E-state index contributed by atoms with van der Waals surface area (Å²) in [5.74, 6) is -1.43. The van der Waals surface area contributed by atoms with Crippen molar-refractivity contribution in [2.75, 3.05) is 9.80 Å². The minimum atomic E-state index is -0.652. The first kappa shape index (κ1) is 18.9. The van der Waals surface area contributed by atoms with Gasteiger partial charge in [0, 0.05) is 12.1 Å². The van der Waals surface area contributed by atoms with Crippen molar-refractivity contribution in [2.45, 2.75) is 19.3 Å². The second-order valence-electron chi connectivity index (χ2n) is 8.85. The van der Waals surface area contributed by atoms with E-state index in [1.807, 2.05) is 0 Å². The average molecular weight is 431 g/mol. The maximum Gasteiger partial charge on any atom is 0.270 e. The molecule has 6 rings (SSSR count). The molecule has 0 N–H and O–H groups in total. The van der Waals surface area contributed by atoms with Gasteiger partial charge in [-0.25, -0.2) is 4.90 Å². The fourth-order valence-electron chi connectivity index (χ4n) is 5.99. The van der Waals surface area contributed by atoms with Gasteiger partial charge in [-0.2, -0.15) is 0 Å². The Labute approximate surface area is 181 Å². The van der Waals surface area contributed by atoms with Gasteiger partial charge in [0.1, 0.15) is 0 Å². The van der Waals surface area contributed by atoms with Crippen LogP contribution in [-0.2, 0) is 9.59 Å². The monoisotopic (exact) mass is 431 g/mol. The number of benzene rings is 2. The van der Waals surface area contributed by atoms with Gasteiger partial charge in [0.2, 0.25) is 11.8 Å². The lowest BCUT2D eigenvalue weighted by Crippen LogP contribution is -2.33. The van der Waals surface area contributed by atoms with Gasteiger partial charge in [-0.05, 0) is 61.4 Å². The SMILES string of the molecule is O=C1c2ccc([N+](=O)[O-])cc2C(=O)N1c1ccc(N2C(=O)[C@@H]3[C@@H]4CC[C@H](C4)[C@@H]3C2=O)cc1. The first-order chi connectivity index (χ1) is 15.4. The van der Waals surface area contributed by atoms with Gasteiger partial charge >= 0.3 is 0 Å². The summed E-state index contributed by atoms with van der Waals surface area (Å²) in [6, 6.07) is 9.68. The molecule has 2 aromatic rings. The number of rotatable bonds is 3. The third-order valence-electron chi connectivity index (χ3n) is 7.37. The molecule has 0 spiro atoms. The Morgan fingerprint density at radius 2 is 1.28 bits per heavy atom. The van der Waals surface area contributed by atoms with Crippen molar-refractivity contribution in [3.05, 3.63) is 63.7 Å². The van der Waals surface area contributed by atoms with Crippen LogP contribution in [0.1, 0.15) is 40.0 Å². The van der Waals surface area contributed by atoms with E-state index in [-0.39, 0.29) is 58.0 Å². The Morgan fingerprint density at radius 1 is 0.750 bits per heavy atom. The van der Waals surface area contributed by atoms with Gasteiger partial charge in [0.05, 0.1) is 39.3 Å². The summed E-state index contributed by atoms with van der Waals surface area (Å²) in [7, 11) is 0. The van der Waals surface area contributed by atoms with Crippen LogP contribution in [0.25, 0.3) is 0 Å². The molecule has 9 nitrogen and oxygen atoms in total. The molecular weight excluding hydrogens is 414 g/mol. The first-order valence-corrected chi connectivity index (χ1v) is 10.5. The Kier molecular flexibility index (Phi) is 3.72. The van der Waals surface area contributed by atoms with Crippen LogP contribution in [0.5, 0.6) is 0 Å². The Bertz CT molecular complexity index is 1220. The van der Waals surface area contributed by atoms with Gasteiger partial charge < -0.3 is 0 Å². The summed E-state index contributed by atoms with van der Waals surface area (Å²) in [6.45, 7) is 0. The number of amides is 4. The van der Waals surface area contributed by atoms with Crippen LogP contribution in [0.15, 0.2) is 42.5 Å². The second kappa shape index (κ2) is 6.32. The van der Waals surface area contributed by atoms with E-state index in [1.165, 1.54) is 29.2 Å². The van der Waals surface area contributed by atoms with Gasteiger partial charge in [0.25, 0.3) is 17.5 Å². The van der Waals surface area contributed by atoms with Crippen LogP contribution in [0, 0.1) is 33.8 Å². The molecule has 2 bridgehead atoms. The Hall–Kier alpha value is -3.88. The smallest absolute Gasteiger partial charge is 0.270 e. The third kappa shape index (κ3) is 2.33. The minimum absolute atomic E-state index is 0.0264. The zero-order chi connectivity index (χ0) is 22.3. The van der Waals surface area contributed by atoms with Crippen LogP contribution < -0.4 is 9.80 Å². The number of anilines is 2. The number of fused-ring (bicyclic) bond motifs is 6. The van der Waals surface area contributed by atoms with E-state index >= 15 is 0 Å². The number of nitro benzene ring substituents is 1. The summed E-state index contributed by atoms with van der Waals surface area (Å²) in [6.07, 6.45) is 2.95. The molecule has 0 aromatic heterocycles. The lowest BCUT2D eigenvalue weighted by Gasteiger charge is -2.19. The number of hydrogen-bond donors (Lipinski definition) is 0. The molecule has 4 amide bonds. The first-order valence-electron chi connectivity index (χ1n) is 10.5. The maximum atomic E-state index is 13.0. The summed E-state index contributed by atoms with van der Waals surface area (Å²) >= 11 is 0. The number of nitrogens with zero attached hydrogens (tertiary/aromatic N) is 3. The highest BCUT2D eigenvalue weighted by Crippen LogP contribution is 2.56. The molecule has 2 aromatic carbocycles. The van der Waals surface area contributed by atoms with E-state index < -0.39 is 16.7 Å². The molecule has 0 unspecified atom stereocenters. The lowest BCUT2D eigenvalue weighted by molar-refractivity contribution is -0.384. The van der Waals surface area contributed by atoms with Gasteiger partial charge in [-0.15, -0.1) is 0 Å². The molecule has 2 aliphatic carbocycles. The molecule has 3 fully saturated rings. The van der Waals surface area contributed by atoms with Crippen LogP contribution in [0.4, 0.5) is 17.1 Å². The van der Waals surface area contributed by atoms with E-state index in [0.717, 1.165) is 30.2 Å². The fraction of sp³-hybridized carbons (Fsp3) is 0.304. The molecular formula is C23H17N3O6. The van der Waals surface area contributed by atoms with Crippen LogP contribution >= 0.6 is 0 Å². The van der Waals surface area contributed by atoms with Gasteiger partial charge in [-0.1, -0.05) is 0 Å². The Balaban J connectivity index is 1.29. The molecule has 2 aliphatic heterocycles. The van der Waals surface area contributed by atoms with E-state index in [9.17, 15) is 29.3 Å². The molecule has 32 heavy (non-hydrogen) atoms. The Morgan fingerprint density at radius 3 is 1.84 bits per heavy atom. The molecule has 2 saturated carbocycles. The van der Waals surface area contributed by atoms with Crippen LogP contribution in [0.3, 0.4) is 0 Å². The number of imide groups is 2. The van der Waals surface area contributed by atoms with Gasteiger partial charge in [-0.3, -0.25) is 34.2 Å². The topological polar surface area (TPSA) is 118 Å². The largest absolute Gasteiger partial charge is 0.274 e. The second-order valence-corrected chi connectivity index (χ2v) is 8.85. The van der Waals surface area contributed by atoms with E-state index in [1.54, 1.807) is 12.1 Å². The zero-order valence-electron chi connectivity index (χ0n) is 16.8. The number of carbonyl (C=O) groups is 4. The summed E-state index contributed by atoms with van der Waals surface area (Å²) in [5, 5.41) is 11.0. The number of non-ortho nitro benzene ring substituents is 1. The molecule has 9 heteroatoms. The third-order valence-corrected chi connectivity index (χ3v) is 7.37. The van der Waals surface area contributed by atoms with Crippen molar-refractivity contribution in [3.63, 3.8) is 0 Å². The van der Waals surface area contributed by atoms with E-state index in [2.05, 4.69) is 0 Å². The predicted molar refractivity (Wildman–Crippen MR) is 111 cm³/mol. The van der Waals surface area contributed by atoms with Crippen LogP contribution in [0.2, 0.25) is 0 Å². The quantitative estimate of drug-likeness (QED) is 0.419. The van der Waals surface area contributed by atoms with Crippen molar-refractivity contribution in [1.29, 1.82) is 0 Å². The molecule has 1 saturated heterocycles.